The van der Waals surface area contributed by atoms with Crippen molar-refractivity contribution < 1.29 is 4.39 Å². The van der Waals surface area contributed by atoms with Crippen molar-refractivity contribution in [3.05, 3.63) is 72.0 Å². The zero-order valence-corrected chi connectivity index (χ0v) is 17.0. The minimum Gasteiger partial charge on any atom is -0.370 e. The summed E-state index contributed by atoms with van der Waals surface area (Å²) >= 11 is 0. The molecule has 0 bridgehead atoms. The van der Waals surface area contributed by atoms with Gasteiger partial charge in [-0.2, -0.15) is 4.98 Å². The van der Waals surface area contributed by atoms with E-state index in [0.717, 1.165) is 48.6 Å². The van der Waals surface area contributed by atoms with Crippen molar-refractivity contribution in [3.8, 4) is 11.3 Å². The van der Waals surface area contributed by atoms with Crippen LogP contribution in [0.15, 0.2) is 60.7 Å². The topological polar surface area (TPSA) is 53.1 Å². The molecule has 0 amide bonds. The summed E-state index contributed by atoms with van der Waals surface area (Å²) in [4.78, 5) is 11.5. The SMILES string of the molecule is CN(C)CCCNc1cc(-c2ccccc2)nc(NCCc2ccc(F)cc2)n1. The molecule has 0 saturated carbocycles. The first-order valence-corrected chi connectivity index (χ1v) is 9.91. The zero-order valence-electron chi connectivity index (χ0n) is 17.0. The molecule has 2 N–H and O–H groups in total. The first kappa shape index (κ1) is 20.7. The van der Waals surface area contributed by atoms with Crippen LogP contribution in [0.1, 0.15) is 12.0 Å². The lowest BCUT2D eigenvalue weighted by molar-refractivity contribution is 0.405. The lowest BCUT2D eigenvalue weighted by atomic mass is 10.1. The van der Waals surface area contributed by atoms with Gasteiger partial charge in [0.15, 0.2) is 0 Å². The van der Waals surface area contributed by atoms with Gasteiger partial charge < -0.3 is 15.5 Å². The largest absolute Gasteiger partial charge is 0.370 e. The molecule has 0 fully saturated rings. The van der Waals surface area contributed by atoms with Crippen molar-refractivity contribution in [1.82, 2.24) is 14.9 Å². The van der Waals surface area contributed by atoms with Gasteiger partial charge in [-0.25, -0.2) is 9.37 Å². The number of hydrogen-bond acceptors (Lipinski definition) is 5. The van der Waals surface area contributed by atoms with E-state index in [1.807, 2.05) is 36.4 Å². The summed E-state index contributed by atoms with van der Waals surface area (Å²) in [5.41, 5.74) is 2.99. The maximum Gasteiger partial charge on any atom is 0.225 e. The molecule has 6 heteroatoms. The van der Waals surface area contributed by atoms with Crippen LogP contribution in [0.2, 0.25) is 0 Å². The van der Waals surface area contributed by atoms with E-state index in [1.54, 1.807) is 12.1 Å². The highest BCUT2D eigenvalue weighted by atomic mass is 19.1. The van der Waals surface area contributed by atoms with Gasteiger partial charge in [-0.15, -0.1) is 0 Å². The molecule has 5 nitrogen and oxygen atoms in total. The Morgan fingerprint density at radius 3 is 2.38 bits per heavy atom. The standard InChI is InChI=1S/C23H28FN5/c1-29(2)16-6-14-25-22-17-21(19-7-4-3-5-8-19)27-23(28-22)26-15-13-18-9-11-20(24)12-10-18/h3-5,7-12,17H,6,13-16H2,1-2H3,(H2,25,26,27,28). The molecule has 0 aliphatic heterocycles. The third-order valence-electron chi connectivity index (χ3n) is 4.49. The molecule has 0 spiro atoms. The van der Waals surface area contributed by atoms with Crippen LogP contribution in [-0.4, -0.2) is 48.6 Å². The third-order valence-corrected chi connectivity index (χ3v) is 4.49. The van der Waals surface area contributed by atoms with Gasteiger partial charge >= 0.3 is 0 Å². The van der Waals surface area contributed by atoms with Gasteiger partial charge in [0.1, 0.15) is 11.6 Å². The Morgan fingerprint density at radius 1 is 0.897 bits per heavy atom. The molecule has 29 heavy (non-hydrogen) atoms. The molecule has 3 rings (SSSR count). The number of nitrogens with zero attached hydrogens (tertiary/aromatic N) is 3. The van der Waals surface area contributed by atoms with Crippen molar-refractivity contribution in [1.29, 1.82) is 0 Å². The number of hydrogen-bond donors (Lipinski definition) is 2. The average molecular weight is 394 g/mol. The van der Waals surface area contributed by atoms with Crippen molar-refractivity contribution >= 4 is 11.8 Å². The van der Waals surface area contributed by atoms with E-state index < -0.39 is 0 Å². The lowest BCUT2D eigenvalue weighted by Gasteiger charge is -2.13. The highest BCUT2D eigenvalue weighted by molar-refractivity contribution is 5.64. The van der Waals surface area contributed by atoms with Gasteiger partial charge in [0.05, 0.1) is 5.69 Å². The van der Waals surface area contributed by atoms with Gasteiger partial charge in [0.2, 0.25) is 5.95 Å². The van der Waals surface area contributed by atoms with Crippen molar-refractivity contribution in [3.63, 3.8) is 0 Å². The molecule has 0 aliphatic carbocycles. The maximum absolute atomic E-state index is 13.1. The Labute approximate surface area is 172 Å². The summed E-state index contributed by atoms with van der Waals surface area (Å²) in [6.07, 6.45) is 1.80. The monoisotopic (exact) mass is 393 g/mol. The van der Waals surface area contributed by atoms with Crippen molar-refractivity contribution in [2.45, 2.75) is 12.8 Å². The summed E-state index contributed by atoms with van der Waals surface area (Å²) in [7, 11) is 4.14. The van der Waals surface area contributed by atoms with Crippen molar-refractivity contribution in [2.75, 3.05) is 44.4 Å². The molecule has 2 aromatic carbocycles. The van der Waals surface area contributed by atoms with Gasteiger partial charge in [-0.1, -0.05) is 42.5 Å². The van der Waals surface area contributed by atoms with Crippen LogP contribution in [0.5, 0.6) is 0 Å². The highest BCUT2D eigenvalue weighted by Crippen LogP contribution is 2.21. The van der Waals surface area contributed by atoms with Gasteiger partial charge in [0, 0.05) is 24.7 Å². The van der Waals surface area contributed by atoms with E-state index in [9.17, 15) is 4.39 Å². The molecule has 3 aromatic rings. The van der Waals surface area contributed by atoms with Gasteiger partial charge in [-0.05, 0) is 51.2 Å². The highest BCUT2D eigenvalue weighted by Gasteiger charge is 2.07. The predicted molar refractivity (Wildman–Crippen MR) is 118 cm³/mol. The van der Waals surface area contributed by atoms with Gasteiger partial charge in [-0.3, -0.25) is 0 Å². The van der Waals surface area contributed by atoms with Crippen LogP contribution >= 0.6 is 0 Å². The Morgan fingerprint density at radius 2 is 1.66 bits per heavy atom. The van der Waals surface area contributed by atoms with Crippen LogP contribution in [0.25, 0.3) is 11.3 Å². The number of halogens is 1. The Hall–Kier alpha value is -2.99. The quantitative estimate of drug-likeness (QED) is 0.503. The minimum atomic E-state index is -0.217. The molecule has 152 valence electrons. The number of anilines is 2. The molecule has 0 radical (unpaired) electrons. The predicted octanol–water partition coefficient (Wildman–Crippen LogP) is 4.30. The molecule has 0 unspecified atom stereocenters. The molecule has 0 saturated heterocycles. The number of nitrogens with one attached hydrogen (secondary N) is 2. The Kier molecular flexibility index (Phi) is 7.53. The van der Waals surface area contributed by atoms with Crippen LogP contribution in [0.3, 0.4) is 0 Å². The normalized spacial score (nSPS) is 10.9. The van der Waals surface area contributed by atoms with Crippen LogP contribution in [0, 0.1) is 5.82 Å². The second-order valence-corrected chi connectivity index (χ2v) is 7.21. The van der Waals surface area contributed by atoms with Gasteiger partial charge in [0.25, 0.3) is 0 Å². The summed E-state index contributed by atoms with van der Waals surface area (Å²) in [6.45, 7) is 2.54. The maximum atomic E-state index is 13.1. The molecule has 0 aliphatic rings. The lowest BCUT2D eigenvalue weighted by Crippen LogP contribution is -2.17. The second kappa shape index (κ2) is 10.5. The summed E-state index contributed by atoms with van der Waals surface area (Å²) in [5.74, 6) is 1.18. The number of rotatable bonds is 10. The summed E-state index contributed by atoms with van der Waals surface area (Å²) in [6, 6.07) is 18.6. The second-order valence-electron chi connectivity index (χ2n) is 7.21. The minimum absolute atomic E-state index is 0.217. The first-order chi connectivity index (χ1) is 14.1. The fourth-order valence-corrected chi connectivity index (χ4v) is 2.96. The molecule has 1 heterocycles. The Balaban J connectivity index is 1.68. The van der Waals surface area contributed by atoms with E-state index in [-0.39, 0.29) is 5.82 Å². The Bertz CT molecular complexity index is 882. The summed E-state index contributed by atoms with van der Waals surface area (Å²) in [5, 5.41) is 6.71. The number of benzene rings is 2. The number of aromatic nitrogens is 2. The molecule has 0 atom stereocenters. The average Bonchev–Trinajstić information content (AvgIpc) is 2.73. The fourth-order valence-electron chi connectivity index (χ4n) is 2.96. The summed E-state index contributed by atoms with van der Waals surface area (Å²) < 4.78 is 13.1. The van der Waals surface area contributed by atoms with E-state index in [2.05, 4.69) is 39.6 Å². The molecule has 1 aromatic heterocycles. The van der Waals surface area contributed by atoms with E-state index in [4.69, 9.17) is 0 Å². The molecular weight excluding hydrogens is 365 g/mol. The first-order valence-electron chi connectivity index (χ1n) is 9.91. The third kappa shape index (κ3) is 6.84. The smallest absolute Gasteiger partial charge is 0.225 e. The van der Waals surface area contributed by atoms with E-state index in [1.165, 1.54) is 12.1 Å². The van der Waals surface area contributed by atoms with Crippen LogP contribution in [-0.2, 0) is 6.42 Å². The van der Waals surface area contributed by atoms with E-state index in [0.29, 0.717) is 12.5 Å². The fraction of sp³-hybridized carbons (Fsp3) is 0.304. The van der Waals surface area contributed by atoms with E-state index >= 15 is 0 Å². The van der Waals surface area contributed by atoms with Crippen LogP contribution < -0.4 is 10.6 Å². The molecular formula is C23H28FN5. The van der Waals surface area contributed by atoms with Crippen molar-refractivity contribution in [2.24, 2.45) is 0 Å². The zero-order chi connectivity index (χ0) is 20.5. The van der Waals surface area contributed by atoms with Crippen LogP contribution in [0.4, 0.5) is 16.2 Å².